The highest BCUT2D eigenvalue weighted by atomic mass is 32.2. The minimum Gasteiger partial charge on any atom is -0.368 e. The topological polar surface area (TPSA) is 122 Å². The third kappa shape index (κ3) is 7.75. The van der Waals surface area contributed by atoms with Gasteiger partial charge >= 0.3 is 6.18 Å². The van der Waals surface area contributed by atoms with Gasteiger partial charge in [-0.25, -0.2) is 27.1 Å². The van der Waals surface area contributed by atoms with E-state index >= 15 is 0 Å². The third-order valence-corrected chi connectivity index (χ3v) is 7.47. The zero-order valence-corrected chi connectivity index (χ0v) is 22.6. The summed E-state index contributed by atoms with van der Waals surface area (Å²) in [5.74, 6) is 3.31. The molecule has 0 atom stereocenters. The summed E-state index contributed by atoms with van der Waals surface area (Å²) < 4.78 is 82.4. The first-order valence-corrected chi connectivity index (χ1v) is 13.1. The van der Waals surface area contributed by atoms with E-state index in [4.69, 9.17) is 5.73 Å². The lowest BCUT2D eigenvalue weighted by Crippen LogP contribution is -2.31. The number of benzene rings is 2. The van der Waals surface area contributed by atoms with Gasteiger partial charge in [-0.3, -0.25) is 4.79 Å². The summed E-state index contributed by atoms with van der Waals surface area (Å²) in [5, 5.41) is 2.15. The molecule has 0 aliphatic carbocycles. The van der Waals surface area contributed by atoms with Crippen molar-refractivity contribution in [3.05, 3.63) is 76.9 Å². The van der Waals surface area contributed by atoms with E-state index in [0.29, 0.717) is 30.7 Å². The van der Waals surface area contributed by atoms with E-state index < -0.39 is 49.6 Å². The van der Waals surface area contributed by atoms with Crippen molar-refractivity contribution in [2.45, 2.75) is 17.5 Å². The Bertz CT molecular complexity index is 1550. The number of halogens is 4. The minimum atomic E-state index is -4.83. The Morgan fingerprint density at radius 2 is 1.65 bits per heavy atom. The van der Waals surface area contributed by atoms with Crippen molar-refractivity contribution in [3.8, 4) is 11.8 Å². The minimum absolute atomic E-state index is 0.0435. The standard InChI is InChI=1S/C26H26F4N6O3S/c1-35(2)11-4-12-36(3)40(38,39)23-10-8-19(26(28,29)30)14-22(23)34-24(37)20-13-17(7-9-21(20)27)5-6-18-15-32-25(31)33-16-18/h7-10,13-16H,4,11-12H2,1-3H3,(H,34,37)(H2,31,32,33). The summed E-state index contributed by atoms with van der Waals surface area (Å²) in [6, 6.07) is 5.21. The number of rotatable bonds is 8. The van der Waals surface area contributed by atoms with Crippen LogP contribution in [0.5, 0.6) is 0 Å². The molecule has 40 heavy (non-hydrogen) atoms. The molecule has 2 aromatic carbocycles. The molecule has 1 amide bonds. The number of hydrogen-bond acceptors (Lipinski definition) is 7. The number of nitrogen functional groups attached to an aromatic ring is 1. The molecular formula is C26H26F4N6O3S. The fourth-order valence-electron chi connectivity index (χ4n) is 3.44. The predicted molar refractivity (Wildman–Crippen MR) is 141 cm³/mol. The maximum Gasteiger partial charge on any atom is 0.416 e. The average Bonchev–Trinajstić information content (AvgIpc) is 2.88. The number of nitrogens with two attached hydrogens (primary N) is 1. The number of nitrogens with one attached hydrogen (secondary N) is 1. The highest BCUT2D eigenvalue weighted by molar-refractivity contribution is 7.89. The first-order valence-electron chi connectivity index (χ1n) is 11.7. The van der Waals surface area contributed by atoms with E-state index in [1.807, 2.05) is 19.0 Å². The number of nitrogens with zero attached hydrogens (tertiary/aromatic N) is 4. The van der Waals surface area contributed by atoms with Crippen LogP contribution < -0.4 is 11.1 Å². The summed E-state index contributed by atoms with van der Waals surface area (Å²) >= 11 is 0. The Morgan fingerprint density at radius 1 is 1.00 bits per heavy atom. The molecule has 0 spiro atoms. The normalized spacial score (nSPS) is 11.8. The van der Waals surface area contributed by atoms with Crippen LogP contribution in [0.2, 0.25) is 0 Å². The van der Waals surface area contributed by atoms with Crippen LogP contribution in [0.3, 0.4) is 0 Å². The lowest BCUT2D eigenvalue weighted by atomic mass is 10.1. The van der Waals surface area contributed by atoms with Crippen LogP contribution in [-0.2, 0) is 16.2 Å². The second-order valence-corrected chi connectivity index (χ2v) is 10.9. The zero-order chi connectivity index (χ0) is 29.7. The summed E-state index contributed by atoms with van der Waals surface area (Å²) in [6.07, 6.45) is -1.65. The molecule has 0 aliphatic heterocycles. The van der Waals surface area contributed by atoms with Gasteiger partial charge in [-0.1, -0.05) is 11.8 Å². The maximum absolute atomic E-state index is 14.6. The average molecular weight is 579 g/mol. The van der Waals surface area contributed by atoms with Gasteiger partial charge in [0.2, 0.25) is 16.0 Å². The summed E-state index contributed by atoms with van der Waals surface area (Å²) in [4.78, 5) is 21.9. The largest absolute Gasteiger partial charge is 0.416 e. The fourth-order valence-corrected chi connectivity index (χ4v) is 4.77. The molecule has 1 aromatic heterocycles. The van der Waals surface area contributed by atoms with Gasteiger partial charge in [-0.15, -0.1) is 0 Å². The lowest BCUT2D eigenvalue weighted by molar-refractivity contribution is -0.137. The van der Waals surface area contributed by atoms with Crippen molar-refractivity contribution in [2.75, 3.05) is 45.3 Å². The van der Waals surface area contributed by atoms with Crippen molar-refractivity contribution >= 4 is 27.6 Å². The summed E-state index contributed by atoms with van der Waals surface area (Å²) in [6.45, 7) is 0.642. The number of anilines is 2. The van der Waals surface area contributed by atoms with Gasteiger partial charge in [0.05, 0.1) is 22.4 Å². The number of carbonyl (C=O) groups excluding carboxylic acids is 1. The van der Waals surface area contributed by atoms with Crippen LogP contribution in [0, 0.1) is 17.7 Å². The van der Waals surface area contributed by atoms with Gasteiger partial charge < -0.3 is 16.0 Å². The molecule has 0 saturated heterocycles. The van der Waals surface area contributed by atoms with Crippen LogP contribution in [0.1, 0.15) is 33.5 Å². The van der Waals surface area contributed by atoms with Crippen LogP contribution in [0.15, 0.2) is 53.7 Å². The molecule has 0 aliphatic rings. The number of hydrogen-bond donors (Lipinski definition) is 2. The molecule has 1 heterocycles. The van der Waals surface area contributed by atoms with Crippen molar-refractivity contribution in [2.24, 2.45) is 0 Å². The highest BCUT2D eigenvalue weighted by Crippen LogP contribution is 2.34. The monoisotopic (exact) mass is 578 g/mol. The van der Waals surface area contributed by atoms with E-state index in [1.54, 1.807) is 0 Å². The molecule has 3 aromatic rings. The van der Waals surface area contributed by atoms with Crippen molar-refractivity contribution in [1.29, 1.82) is 0 Å². The molecule has 3 rings (SSSR count). The molecule has 14 heteroatoms. The van der Waals surface area contributed by atoms with Gasteiger partial charge in [0.25, 0.3) is 5.91 Å². The highest BCUT2D eigenvalue weighted by Gasteiger charge is 2.33. The lowest BCUT2D eigenvalue weighted by Gasteiger charge is -2.21. The van der Waals surface area contributed by atoms with Gasteiger partial charge in [-0.05, 0) is 63.5 Å². The first kappa shape index (κ1) is 30.5. The van der Waals surface area contributed by atoms with E-state index in [9.17, 15) is 30.8 Å². The smallest absolute Gasteiger partial charge is 0.368 e. The second kappa shape index (κ2) is 12.4. The van der Waals surface area contributed by atoms with E-state index in [2.05, 4.69) is 27.1 Å². The van der Waals surface area contributed by atoms with Crippen LogP contribution >= 0.6 is 0 Å². The van der Waals surface area contributed by atoms with Gasteiger partial charge in [-0.2, -0.15) is 13.2 Å². The predicted octanol–water partition coefficient (Wildman–Crippen LogP) is 3.44. The number of carbonyl (C=O) groups is 1. The van der Waals surface area contributed by atoms with Crippen molar-refractivity contribution < 1.29 is 30.8 Å². The number of alkyl halides is 3. The Labute approximate surface area is 229 Å². The molecule has 3 N–H and O–H groups in total. The Kier molecular flexibility index (Phi) is 9.46. The van der Waals surface area contributed by atoms with Crippen molar-refractivity contribution in [3.63, 3.8) is 0 Å². The van der Waals surface area contributed by atoms with E-state index in [1.165, 1.54) is 25.5 Å². The van der Waals surface area contributed by atoms with Crippen molar-refractivity contribution in [1.82, 2.24) is 19.2 Å². The Morgan fingerprint density at radius 3 is 2.27 bits per heavy atom. The van der Waals surface area contributed by atoms with E-state index in [0.717, 1.165) is 22.5 Å². The molecule has 0 bridgehead atoms. The SMILES string of the molecule is CN(C)CCCN(C)S(=O)(=O)c1ccc(C(F)(F)F)cc1NC(=O)c1cc(C#Cc2cnc(N)nc2)ccc1F. The number of aromatic nitrogens is 2. The maximum atomic E-state index is 14.6. The molecule has 0 unspecified atom stereocenters. The number of amides is 1. The van der Waals surface area contributed by atoms with Gasteiger partial charge in [0.15, 0.2) is 0 Å². The Hall–Kier alpha value is -4.06. The molecule has 0 radical (unpaired) electrons. The molecule has 0 fully saturated rings. The second-order valence-electron chi connectivity index (χ2n) is 8.92. The molecular weight excluding hydrogens is 552 g/mol. The van der Waals surface area contributed by atoms with Crippen LogP contribution in [0.4, 0.5) is 29.2 Å². The number of sulfonamides is 1. The van der Waals surface area contributed by atoms with E-state index in [-0.39, 0.29) is 18.1 Å². The summed E-state index contributed by atoms with van der Waals surface area (Å²) in [7, 11) is 0.577. The molecule has 212 valence electrons. The quantitative estimate of drug-likeness (QED) is 0.310. The fraction of sp³-hybridized carbons (Fsp3) is 0.269. The third-order valence-electron chi connectivity index (χ3n) is 5.56. The molecule has 0 saturated carbocycles. The first-order chi connectivity index (χ1) is 18.7. The molecule has 9 nitrogen and oxygen atoms in total. The van der Waals surface area contributed by atoms with Crippen LogP contribution in [-0.4, -0.2) is 67.7 Å². The van der Waals surface area contributed by atoms with Crippen LogP contribution in [0.25, 0.3) is 0 Å². The Balaban J connectivity index is 1.96. The van der Waals surface area contributed by atoms with Gasteiger partial charge in [0, 0.05) is 31.5 Å². The zero-order valence-electron chi connectivity index (χ0n) is 21.8. The summed E-state index contributed by atoms with van der Waals surface area (Å²) in [5.41, 5.74) is 3.62. The van der Waals surface area contributed by atoms with Gasteiger partial charge in [0.1, 0.15) is 10.7 Å².